The summed E-state index contributed by atoms with van der Waals surface area (Å²) in [5, 5.41) is 6.15. The summed E-state index contributed by atoms with van der Waals surface area (Å²) in [6, 6.07) is 11.8. The van der Waals surface area contributed by atoms with Gasteiger partial charge in [0, 0.05) is 23.7 Å². The van der Waals surface area contributed by atoms with Gasteiger partial charge in [-0.1, -0.05) is 23.7 Å². The predicted molar refractivity (Wildman–Crippen MR) is 98.7 cm³/mol. The highest BCUT2D eigenvalue weighted by Gasteiger charge is 2.18. The Morgan fingerprint density at radius 3 is 2.62 bits per heavy atom. The molecule has 1 unspecified atom stereocenters. The van der Waals surface area contributed by atoms with E-state index in [0.29, 0.717) is 35.4 Å². The van der Waals surface area contributed by atoms with Gasteiger partial charge in [-0.15, -0.1) is 0 Å². The second-order valence-corrected chi connectivity index (χ2v) is 6.36. The van der Waals surface area contributed by atoms with Crippen LogP contribution in [-0.2, 0) is 9.59 Å². The average Bonchev–Trinajstić information content (AvgIpc) is 2.60. The molecule has 2 amide bonds. The fraction of sp³-hybridized carbons (Fsp3) is 0.263. The minimum Gasteiger partial charge on any atom is -0.486 e. The molecule has 0 radical (unpaired) electrons. The highest BCUT2D eigenvalue weighted by atomic mass is 35.5. The van der Waals surface area contributed by atoms with Crippen LogP contribution in [0.2, 0.25) is 5.02 Å². The molecule has 26 heavy (non-hydrogen) atoms. The van der Waals surface area contributed by atoms with Crippen molar-refractivity contribution in [2.45, 2.75) is 19.4 Å². The van der Waals surface area contributed by atoms with Gasteiger partial charge in [0.25, 0.3) is 0 Å². The Morgan fingerprint density at radius 2 is 1.88 bits per heavy atom. The number of hydrogen-bond donors (Lipinski definition) is 2. The molecule has 0 saturated heterocycles. The molecule has 0 aliphatic carbocycles. The van der Waals surface area contributed by atoms with Crippen molar-refractivity contribution in [1.82, 2.24) is 5.32 Å². The van der Waals surface area contributed by atoms with E-state index in [9.17, 15) is 9.59 Å². The van der Waals surface area contributed by atoms with E-state index in [1.165, 1.54) is 6.92 Å². The molecule has 6 nitrogen and oxygen atoms in total. The molecule has 1 aliphatic heterocycles. The van der Waals surface area contributed by atoms with E-state index in [0.717, 1.165) is 5.56 Å². The minimum absolute atomic E-state index is 0.0777. The molecule has 0 spiro atoms. The Balaban J connectivity index is 1.70. The molecule has 1 heterocycles. The van der Waals surface area contributed by atoms with Crippen molar-refractivity contribution >= 4 is 29.1 Å². The number of fused-ring (bicyclic) bond motifs is 1. The number of nitrogens with one attached hydrogen (secondary N) is 2. The van der Waals surface area contributed by atoms with Crippen LogP contribution >= 0.6 is 11.6 Å². The van der Waals surface area contributed by atoms with Gasteiger partial charge in [0.05, 0.1) is 12.5 Å². The van der Waals surface area contributed by atoms with Gasteiger partial charge in [-0.25, -0.2) is 0 Å². The van der Waals surface area contributed by atoms with Gasteiger partial charge in [0.15, 0.2) is 11.5 Å². The number of rotatable bonds is 5. The summed E-state index contributed by atoms with van der Waals surface area (Å²) in [6.45, 7) is 2.40. The molecule has 1 atom stereocenters. The summed E-state index contributed by atoms with van der Waals surface area (Å²) < 4.78 is 11.0. The summed E-state index contributed by atoms with van der Waals surface area (Å²) >= 11 is 6.02. The third-order valence-electron chi connectivity index (χ3n) is 3.84. The minimum atomic E-state index is -0.469. The van der Waals surface area contributed by atoms with Crippen molar-refractivity contribution in [2.75, 3.05) is 18.5 Å². The lowest BCUT2D eigenvalue weighted by molar-refractivity contribution is -0.120. The predicted octanol–water partition coefficient (Wildman–Crippen LogP) is 3.32. The molecule has 7 heteroatoms. The lowest BCUT2D eigenvalue weighted by Gasteiger charge is -2.20. The number of ether oxygens (including phenoxy) is 2. The zero-order valence-corrected chi connectivity index (χ0v) is 15.0. The number of amides is 2. The van der Waals surface area contributed by atoms with Gasteiger partial charge in [-0.3, -0.25) is 9.59 Å². The van der Waals surface area contributed by atoms with Crippen LogP contribution in [0.1, 0.15) is 24.9 Å². The van der Waals surface area contributed by atoms with E-state index in [4.69, 9.17) is 21.1 Å². The van der Waals surface area contributed by atoms with E-state index >= 15 is 0 Å². The first-order chi connectivity index (χ1) is 12.5. The lowest BCUT2D eigenvalue weighted by Crippen LogP contribution is -2.29. The van der Waals surface area contributed by atoms with Crippen molar-refractivity contribution in [3.05, 3.63) is 53.1 Å². The Kier molecular flexibility index (Phi) is 5.63. The highest BCUT2D eigenvalue weighted by Crippen LogP contribution is 2.32. The smallest absolute Gasteiger partial charge is 0.226 e. The standard InChI is InChI=1S/C19H19ClN2O4/c1-12(23)21-16(13-3-2-4-14(20)9-13)11-19(24)22-15-5-6-17-18(10-15)26-8-7-25-17/h2-6,9-10,16H,7-8,11H2,1H3,(H,21,23)(H,22,24). The van der Waals surface area contributed by atoms with Crippen LogP contribution in [0, 0.1) is 0 Å². The van der Waals surface area contributed by atoms with Gasteiger partial charge in [-0.05, 0) is 29.8 Å². The van der Waals surface area contributed by atoms with Crippen LogP contribution in [0.15, 0.2) is 42.5 Å². The Morgan fingerprint density at radius 1 is 1.12 bits per heavy atom. The van der Waals surface area contributed by atoms with Gasteiger partial charge >= 0.3 is 0 Å². The summed E-state index contributed by atoms with van der Waals surface area (Å²) in [7, 11) is 0. The first kappa shape index (κ1) is 18.1. The second kappa shape index (κ2) is 8.10. The third-order valence-corrected chi connectivity index (χ3v) is 4.08. The molecular weight excluding hydrogens is 356 g/mol. The van der Waals surface area contributed by atoms with Crippen LogP contribution in [0.5, 0.6) is 11.5 Å². The van der Waals surface area contributed by atoms with Gasteiger partial charge in [0.2, 0.25) is 11.8 Å². The van der Waals surface area contributed by atoms with Crippen LogP contribution in [-0.4, -0.2) is 25.0 Å². The van der Waals surface area contributed by atoms with E-state index in [1.807, 2.05) is 6.07 Å². The SMILES string of the molecule is CC(=O)NC(CC(=O)Nc1ccc2c(c1)OCCO2)c1cccc(Cl)c1. The first-order valence-electron chi connectivity index (χ1n) is 8.23. The van der Waals surface area contributed by atoms with E-state index < -0.39 is 6.04 Å². The lowest BCUT2D eigenvalue weighted by atomic mass is 10.0. The molecule has 0 bridgehead atoms. The summed E-state index contributed by atoms with van der Waals surface area (Å²) in [5.74, 6) is 0.800. The first-order valence-corrected chi connectivity index (χ1v) is 8.61. The number of carbonyl (C=O) groups is 2. The third kappa shape index (κ3) is 4.67. The van der Waals surface area contributed by atoms with E-state index in [1.54, 1.807) is 36.4 Å². The molecule has 2 N–H and O–H groups in total. The molecule has 0 aromatic heterocycles. The van der Waals surface area contributed by atoms with E-state index in [2.05, 4.69) is 10.6 Å². The zero-order chi connectivity index (χ0) is 18.5. The van der Waals surface area contributed by atoms with Crippen molar-refractivity contribution in [2.24, 2.45) is 0 Å². The quantitative estimate of drug-likeness (QED) is 0.841. The molecule has 2 aromatic carbocycles. The maximum absolute atomic E-state index is 12.5. The number of halogens is 1. The molecule has 0 saturated carbocycles. The molecule has 1 aliphatic rings. The normalized spacial score (nSPS) is 13.6. The molecule has 2 aromatic rings. The molecule has 3 rings (SSSR count). The second-order valence-electron chi connectivity index (χ2n) is 5.92. The topological polar surface area (TPSA) is 76.7 Å². The monoisotopic (exact) mass is 374 g/mol. The molecular formula is C19H19ClN2O4. The van der Waals surface area contributed by atoms with Crippen molar-refractivity contribution in [3.8, 4) is 11.5 Å². The zero-order valence-electron chi connectivity index (χ0n) is 14.3. The van der Waals surface area contributed by atoms with E-state index in [-0.39, 0.29) is 18.2 Å². The van der Waals surface area contributed by atoms with Crippen LogP contribution in [0.4, 0.5) is 5.69 Å². The largest absolute Gasteiger partial charge is 0.486 e. The Hall–Kier alpha value is -2.73. The fourth-order valence-electron chi connectivity index (χ4n) is 2.74. The highest BCUT2D eigenvalue weighted by molar-refractivity contribution is 6.30. The average molecular weight is 375 g/mol. The van der Waals surface area contributed by atoms with Crippen LogP contribution < -0.4 is 20.1 Å². The van der Waals surface area contributed by atoms with Crippen LogP contribution in [0.25, 0.3) is 0 Å². The number of benzene rings is 2. The van der Waals surface area contributed by atoms with Crippen molar-refractivity contribution in [1.29, 1.82) is 0 Å². The number of hydrogen-bond acceptors (Lipinski definition) is 4. The van der Waals surface area contributed by atoms with Crippen molar-refractivity contribution < 1.29 is 19.1 Å². The van der Waals surface area contributed by atoms with Gasteiger partial charge in [-0.2, -0.15) is 0 Å². The van der Waals surface area contributed by atoms with Crippen LogP contribution in [0.3, 0.4) is 0 Å². The Labute approximate surface area is 156 Å². The summed E-state index contributed by atoms with van der Waals surface area (Å²) in [4.78, 5) is 24.0. The van der Waals surface area contributed by atoms with Gasteiger partial charge < -0.3 is 20.1 Å². The summed E-state index contributed by atoms with van der Waals surface area (Å²) in [5.41, 5.74) is 1.37. The summed E-state index contributed by atoms with van der Waals surface area (Å²) in [6.07, 6.45) is 0.0777. The fourth-order valence-corrected chi connectivity index (χ4v) is 2.94. The van der Waals surface area contributed by atoms with Gasteiger partial charge in [0.1, 0.15) is 13.2 Å². The maximum atomic E-state index is 12.5. The van der Waals surface area contributed by atoms with Crippen molar-refractivity contribution in [3.63, 3.8) is 0 Å². The maximum Gasteiger partial charge on any atom is 0.226 e. The Bertz CT molecular complexity index is 825. The number of carbonyl (C=O) groups excluding carboxylic acids is 2. The number of anilines is 1. The molecule has 0 fully saturated rings. The molecule has 136 valence electrons.